The number of amides is 1. The Kier molecular flexibility index (Phi) is 3.88. The Bertz CT molecular complexity index is 837. The molecule has 0 bridgehead atoms. The number of hydrogen-bond donors (Lipinski definition) is 1. The van der Waals surface area contributed by atoms with Crippen LogP contribution >= 0.6 is 11.6 Å². The van der Waals surface area contributed by atoms with Crippen LogP contribution in [0.25, 0.3) is 11.0 Å². The van der Waals surface area contributed by atoms with Crippen molar-refractivity contribution in [3.8, 4) is 0 Å². The van der Waals surface area contributed by atoms with E-state index < -0.39 is 11.7 Å². The van der Waals surface area contributed by atoms with Crippen molar-refractivity contribution in [3.63, 3.8) is 0 Å². The van der Waals surface area contributed by atoms with E-state index in [1.807, 2.05) is 0 Å². The Morgan fingerprint density at radius 3 is 2.95 bits per heavy atom. The zero-order valence-corrected chi connectivity index (χ0v) is 11.9. The minimum atomic E-state index is -0.520. The SMILES string of the molecule is O=C(COn1nnc2ccc(Cl)cc21)Nc1ccccc1F. The predicted octanol–water partition coefficient (Wildman–Crippen LogP) is 2.29. The summed E-state index contributed by atoms with van der Waals surface area (Å²) in [5.41, 5.74) is 1.20. The fourth-order valence-corrected chi connectivity index (χ4v) is 2.00. The van der Waals surface area contributed by atoms with Gasteiger partial charge in [-0.25, -0.2) is 4.39 Å². The molecule has 0 aliphatic heterocycles. The minimum Gasteiger partial charge on any atom is -0.385 e. The van der Waals surface area contributed by atoms with Gasteiger partial charge in [0.15, 0.2) is 6.61 Å². The maximum atomic E-state index is 13.4. The smallest absolute Gasteiger partial charge is 0.265 e. The summed E-state index contributed by atoms with van der Waals surface area (Å²) in [5, 5.41) is 10.5. The van der Waals surface area contributed by atoms with Crippen LogP contribution in [0.4, 0.5) is 10.1 Å². The second-order valence-electron chi connectivity index (χ2n) is 4.40. The molecule has 22 heavy (non-hydrogen) atoms. The predicted molar refractivity (Wildman–Crippen MR) is 79.0 cm³/mol. The number of hydrogen-bond acceptors (Lipinski definition) is 4. The molecular formula is C14H10ClFN4O2. The van der Waals surface area contributed by atoms with Gasteiger partial charge in [0.1, 0.15) is 16.9 Å². The van der Waals surface area contributed by atoms with Crippen molar-refractivity contribution < 1.29 is 14.0 Å². The fourth-order valence-electron chi connectivity index (χ4n) is 1.84. The number of nitrogens with one attached hydrogen (secondary N) is 1. The highest BCUT2D eigenvalue weighted by Gasteiger charge is 2.10. The van der Waals surface area contributed by atoms with Crippen LogP contribution in [0, 0.1) is 5.82 Å². The van der Waals surface area contributed by atoms with E-state index in [9.17, 15) is 9.18 Å². The number of nitrogens with zero attached hydrogens (tertiary/aromatic N) is 3. The van der Waals surface area contributed by atoms with Gasteiger partial charge in [0, 0.05) is 5.02 Å². The molecule has 0 atom stereocenters. The summed E-state index contributed by atoms with van der Waals surface area (Å²) >= 11 is 5.89. The van der Waals surface area contributed by atoms with Crippen molar-refractivity contribution in [1.29, 1.82) is 0 Å². The molecule has 0 saturated heterocycles. The van der Waals surface area contributed by atoms with Crippen molar-refractivity contribution in [1.82, 2.24) is 15.2 Å². The molecule has 112 valence electrons. The van der Waals surface area contributed by atoms with Crippen LogP contribution in [0.15, 0.2) is 42.5 Å². The van der Waals surface area contributed by atoms with E-state index in [1.165, 1.54) is 18.2 Å². The van der Waals surface area contributed by atoms with E-state index in [1.54, 1.807) is 24.3 Å². The van der Waals surface area contributed by atoms with Crippen LogP contribution in [-0.2, 0) is 4.79 Å². The van der Waals surface area contributed by atoms with E-state index in [0.29, 0.717) is 16.1 Å². The Hall–Kier alpha value is -2.67. The van der Waals surface area contributed by atoms with Gasteiger partial charge in [-0.05, 0) is 35.5 Å². The Balaban J connectivity index is 1.68. The first-order chi connectivity index (χ1) is 10.6. The van der Waals surface area contributed by atoms with Crippen LogP contribution < -0.4 is 10.2 Å². The zero-order valence-electron chi connectivity index (χ0n) is 11.2. The summed E-state index contributed by atoms with van der Waals surface area (Å²) in [6.45, 7) is -0.348. The second kappa shape index (κ2) is 5.98. The molecule has 0 fully saturated rings. The lowest BCUT2D eigenvalue weighted by Crippen LogP contribution is -2.26. The molecule has 2 aromatic carbocycles. The standard InChI is InChI=1S/C14H10ClFN4O2/c15-9-5-6-12-13(7-9)20(19-18-12)22-8-14(21)17-11-4-2-1-3-10(11)16/h1-7H,8H2,(H,17,21). The normalized spacial score (nSPS) is 10.6. The first-order valence-electron chi connectivity index (χ1n) is 6.32. The third-order valence-electron chi connectivity index (χ3n) is 2.84. The minimum absolute atomic E-state index is 0.0857. The first-order valence-corrected chi connectivity index (χ1v) is 6.70. The monoisotopic (exact) mass is 320 g/mol. The number of carbonyl (C=O) groups is 1. The van der Waals surface area contributed by atoms with Crippen molar-refractivity contribution >= 4 is 34.2 Å². The molecule has 3 rings (SSSR count). The molecule has 0 spiro atoms. The lowest BCUT2D eigenvalue weighted by Gasteiger charge is -2.07. The molecule has 0 unspecified atom stereocenters. The summed E-state index contributed by atoms with van der Waals surface area (Å²) in [5.74, 6) is -1.04. The molecule has 0 aliphatic rings. The van der Waals surface area contributed by atoms with Crippen molar-refractivity contribution in [2.75, 3.05) is 11.9 Å². The van der Waals surface area contributed by atoms with Crippen LogP contribution in [0.5, 0.6) is 0 Å². The van der Waals surface area contributed by atoms with Gasteiger partial charge in [-0.3, -0.25) is 4.79 Å². The number of para-hydroxylation sites is 1. The van der Waals surface area contributed by atoms with Gasteiger partial charge in [0.2, 0.25) is 0 Å². The number of aromatic nitrogens is 3. The van der Waals surface area contributed by atoms with Gasteiger partial charge in [0.25, 0.3) is 5.91 Å². The van der Waals surface area contributed by atoms with Crippen molar-refractivity contribution in [2.24, 2.45) is 0 Å². The largest absolute Gasteiger partial charge is 0.385 e. The van der Waals surface area contributed by atoms with Crippen LogP contribution in [0.1, 0.15) is 0 Å². The van der Waals surface area contributed by atoms with E-state index in [4.69, 9.17) is 16.4 Å². The number of carbonyl (C=O) groups excluding carboxylic acids is 1. The highest BCUT2D eigenvalue weighted by Crippen LogP contribution is 2.16. The van der Waals surface area contributed by atoms with E-state index >= 15 is 0 Å². The third kappa shape index (κ3) is 2.99. The zero-order chi connectivity index (χ0) is 15.5. The Labute approximate surface area is 129 Å². The Morgan fingerprint density at radius 1 is 1.32 bits per heavy atom. The molecule has 0 aliphatic carbocycles. The lowest BCUT2D eigenvalue weighted by molar-refractivity contribution is -0.121. The molecule has 0 radical (unpaired) electrons. The quantitative estimate of drug-likeness (QED) is 0.801. The van der Waals surface area contributed by atoms with Gasteiger partial charge in [-0.2, -0.15) is 0 Å². The molecule has 1 N–H and O–H groups in total. The molecule has 8 heteroatoms. The molecule has 6 nitrogen and oxygen atoms in total. The number of halogens is 2. The highest BCUT2D eigenvalue weighted by molar-refractivity contribution is 6.31. The van der Waals surface area contributed by atoms with Crippen molar-refractivity contribution in [3.05, 3.63) is 53.3 Å². The summed E-state index contributed by atoms with van der Waals surface area (Å²) in [6.07, 6.45) is 0. The topological polar surface area (TPSA) is 69.0 Å². The number of benzene rings is 2. The first kappa shape index (κ1) is 14.3. The highest BCUT2D eigenvalue weighted by atomic mass is 35.5. The van der Waals surface area contributed by atoms with Gasteiger partial charge >= 0.3 is 0 Å². The maximum absolute atomic E-state index is 13.4. The van der Waals surface area contributed by atoms with Gasteiger partial charge < -0.3 is 10.2 Å². The average Bonchev–Trinajstić information content (AvgIpc) is 2.90. The number of rotatable bonds is 4. The molecule has 1 heterocycles. The number of anilines is 1. The van der Waals surface area contributed by atoms with Crippen LogP contribution in [0.3, 0.4) is 0 Å². The molecule has 1 aromatic heterocycles. The summed E-state index contributed by atoms with van der Waals surface area (Å²) in [4.78, 5) is 18.1. The molecule has 3 aromatic rings. The maximum Gasteiger partial charge on any atom is 0.265 e. The van der Waals surface area contributed by atoms with Crippen LogP contribution in [-0.4, -0.2) is 27.7 Å². The van der Waals surface area contributed by atoms with Gasteiger partial charge in [0.05, 0.1) is 5.69 Å². The molecule has 1 amide bonds. The van der Waals surface area contributed by atoms with Gasteiger partial charge in [-0.15, -0.1) is 5.10 Å². The van der Waals surface area contributed by atoms with Gasteiger partial charge in [-0.1, -0.05) is 28.6 Å². The lowest BCUT2D eigenvalue weighted by atomic mass is 10.3. The number of fused-ring (bicyclic) bond motifs is 1. The molecular weight excluding hydrogens is 311 g/mol. The van der Waals surface area contributed by atoms with E-state index in [-0.39, 0.29) is 12.3 Å². The fraction of sp³-hybridized carbons (Fsp3) is 0.0714. The molecule has 0 saturated carbocycles. The van der Waals surface area contributed by atoms with Crippen molar-refractivity contribution in [2.45, 2.75) is 0 Å². The van der Waals surface area contributed by atoms with Crippen LogP contribution in [0.2, 0.25) is 5.02 Å². The Morgan fingerprint density at radius 2 is 2.14 bits per heavy atom. The van der Waals surface area contributed by atoms with E-state index in [0.717, 1.165) is 4.85 Å². The van der Waals surface area contributed by atoms with E-state index in [2.05, 4.69) is 15.6 Å². The third-order valence-corrected chi connectivity index (χ3v) is 3.08. The second-order valence-corrected chi connectivity index (χ2v) is 4.83. The summed E-state index contributed by atoms with van der Waals surface area (Å²) in [6, 6.07) is 10.8. The summed E-state index contributed by atoms with van der Waals surface area (Å²) in [7, 11) is 0. The summed E-state index contributed by atoms with van der Waals surface area (Å²) < 4.78 is 13.4. The average molecular weight is 321 g/mol.